The van der Waals surface area contributed by atoms with Crippen molar-refractivity contribution in [3.05, 3.63) is 24.0 Å². The molecule has 1 saturated heterocycles. The number of nitrogens with two attached hydrogens (primary N) is 1. The predicted octanol–water partition coefficient (Wildman–Crippen LogP) is 2.75. The third kappa shape index (κ3) is 2.55. The lowest BCUT2D eigenvalue weighted by Gasteiger charge is -2.29. The zero-order chi connectivity index (χ0) is 15.0. The molecule has 1 aliphatic carbocycles. The second-order valence-electron chi connectivity index (χ2n) is 6.02. The fraction of sp³-hybridized carbons (Fsp3) is 0.600. The van der Waals surface area contributed by atoms with Crippen molar-refractivity contribution in [1.29, 1.82) is 0 Å². The van der Waals surface area contributed by atoms with Gasteiger partial charge in [-0.05, 0) is 43.7 Å². The van der Waals surface area contributed by atoms with Gasteiger partial charge in [-0.1, -0.05) is 18.9 Å². The Hall–Kier alpha value is -1.14. The van der Waals surface area contributed by atoms with Crippen molar-refractivity contribution < 1.29 is 12.8 Å². The number of halogens is 1. The molecule has 2 N–H and O–H groups in total. The second kappa shape index (κ2) is 5.57. The molecule has 1 heterocycles. The Labute approximate surface area is 125 Å². The van der Waals surface area contributed by atoms with E-state index in [9.17, 15) is 12.8 Å². The van der Waals surface area contributed by atoms with Crippen LogP contribution in [0.4, 0.5) is 10.1 Å². The van der Waals surface area contributed by atoms with Gasteiger partial charge < -0.3 is 5.73 Å². The molecule has 116 valence electrons. The van der Waals surface area contributed by atoms with E-state index >= 15 is 0 Å². The fourth-order valence-corrected chi connectivity index (χ4v) is 5.63. The van der Waals surface area contributed by atoms with E-state index in [0.29, 0.717) is 12.5 Å². The fourth-order valence-electron chi connectivity index (χ4n) is 3.75. The molecule has 1 aromatic rings. The zero-order valence-electron chi connectivity index (χ0n) is 12.0. The van der Waals surface area contributed by atoms with Crippen LogP contribution in [0.2, 0.25) is 0 Å². The topological polar surface area (TPSA) is 63.4 Å². The second-order valence-corrected chi connectivity index (χ2v) is 7.88. The molecule has 2 aliphatic rings. The first-order valence-corrected chi connectivity index (χ1v) is 9.01. The summed E-state index contributed by atoms with van der Waals surface area (Å²) < 4.78 is 40.9. The summed E-state index contributed by atoms with van der Waals surface area (Å²) in [5.74, 6) is -0.232. The van der Waals surface area contributed by atoms with Crippen LogP contribution in [0.3, 0.4) is 0 Å². The van der Waals surface area contributed by atoms with E-state index in [2.05, 4.69) is 0 Å². The molecule has 1 aliphatic heterocycles. The van der Waals surface area contributed by atoms with Crippen molar-refractivity contribution in [3.8, 4) is 0 Å². The number of hydrogen-bond acceptors (Lipinski definition) is 3. The summed E-state index contributed by atoms with van der Waals surface area (Å²) in [6.07, 6.45) is 6.31. The first-order valence-electron chi connectivity index (χ1n) is 7.57. The third-order valence-corrected chi connectivity index (χ3v) is 6.77. The van der Waals surface area contributed by atoms with Gasteiger partial charge >= 0.3 is 0 Å². The van der Waals surface area contributed by atoms with Crippen LogP contribution in [0.15, 0.2) is 23.1 Å². The first-order chi connectivity index (χ1) is 10.0. The summed E-state index contributed by atoms with van der Waals surface area (Å²) in [5.41, 5.74) is 5.39. The molecule has 0 spiro atoms. The number of anilines is 1. The lowest BCUT2D eigenvalue weighted by Crippen LogP contribution is -2.39. The van der Waals surface area contributed by atoms with Gasteiger partial charge in [0.1, 0.15) is 10.7 Å². The van der Waals surface area contributed by atoms with Gasteiger partial charge in [0.25, 0.3) is 0 Å². The van der Waals surface area contributed by atoms with Gasteiger partial charge in [-0.25, -0.2) is 12.8 Å². The van der Waals surface area contributed by atoms with Gasteiger partial charge in [-0.3, -0.25) is 0 Å². The Morgan fingerprint density at radius 1 is 1.14 bits per heavy atom. The summed E-state index contributed by atoms with van der Waals surface area (Å²) in [6.45, 7) is 0.513. The molecule has 0 aromatic heterocycles. The highest BCUT2D eigenvalue weighted by Gasteiger charge is 2.41. The van der Waals surface area contributed by atoms with E-state index in [4.69, 9.17) is 5.73 Å². The summed E-state index contributed by atoms with van der Waals surface area (Å²) in [6, 6.07) is 4.05. The number of rotatable bonds is 3. The lowest BCUT2D eigenvalue weighted by atomic mass is 9.97. The van der Waals surface area contributed by atoms with Crippen LogP contribution in [-0.2, 0) is 10.0 Å². The maximum absolute atomic E-state index is 13.6. The van der Waals surface area contributed by atoms with Gasteiger partial charge in [-0.2, -0.15) is 4.31 Å². The van der Waals surface area contributed by atoms with Crippen molar-refractivity contribution in [2.24, 2.45) is 5.92 Å². The quantitative estimate of drug-likeness (QED) is 0.873. The van der Waals surface area contributed by atoms with Crippen molar-refractivity contribution in [2.45, 2.75) is 49.5 Å². The van der Waals surface area contributed by atoms with E-state index in [0.717, 1.165) is 25.7 Å². The number of sulfonamides is 1. The first kappa shape index (κ1) is 14.8. The molecular formula is C15H21FN2O2S. The summed E-state index contributed by atoms with van der Waals surface area (Å²) in [5, 5.41) is 0. The van der Waals surface area contributed by atoms with Crippen LogP contribution in [0.25, 0.3) is 0 Å². The molecule has 4 nitrogen and oxygen atoms in total. The normalized spacial score (nSPS) is 24.7. The summed E-state index contributed by atoms with van der Waals surface area (Å²) >= 11 is 0. The van der Waals surface area contributed by atoms with Gasteiger partial charge in [0.2, 0.25) is 10.0 Å². The highest BCUT2D eigenvalue weighted by atomic mass is 32.2. The van der Waals surface area contributed by atoms with E-state index in [-0.39, 0.29) is 16.6 Å². The molecule has 1 saturated carbocycles. The molecule has 0 amide bonds. The van der Waals surface area contributed by atoms with Gasteiger partial charge in [0.15, 0.2) is 0 Å². The largest absolute Gasteiger partial charge is 0.395 e. The molecule has 21 heavy (non-hydrogen) atoms. The minimum Gasteiger partial charge on any atom is -0.395 e. The van der Waals surface area contributed by atoms with Crippen LogP contribution in [0.5, 0.6) is 0 Å². The van der Waals surface area contributed by atoms with E-state index in [1.807, 2.05) is 0 Å². The van der Waals surface area contributed by atoms with Crippen LogP contribution in [-0.4, -0.2) is 25.3 Å². The maximum Gasteiger partial charge on any atom is 0.245 e. The number of hydrogen-bond donors (Lipinski definition) is 1. The Morgan fingerprint density at radius 2 is 1.86 bits per heavy atom. The molecule has 1 unspecified atom stereocenters. The molecule has 0 radical (unpaired) electrons. The minimum absolute atomic E-state index is 0.0557. The molecule has 2 fully saturated rings. The Kier molecular flexibility index (Phi) is 3.92. The van der Waals surface area contributed by atoms with Crippen molar-refractivity contribution in [2.75, 3.05) is 12.3 Å². The highest BCUT2D eigenvalue weighted by molar-refractivity contribution is 7.89. The van der Waals surface area contributed by atoms with Crippen molar-refractivity contribution in [3.63, 3.8) is 0 Å². The standard InChI is InChI=1S/C15H21FN2O2S/c16-12-7-3-9-14(15(12)17)21(19,20)18-10-4-8-13(18)11-5-1-2-6-11/h3,7,9,11,13H,1-2,4-6,8,10,17H2. The molecule has 6 heteroatoms. The summed E-state index contributed by atoms with van der Waals surface area (Å²) in [7, 11) is -3.71. The van der Waals surface area contributed by atoms with Crippen molar-refractivity contribution in [1.82, 2.24) is 4.31 Å². The van der Waals surface area contributed by atoms with Crippen molar-refractivity contribution >= 4 is 15.7 Å². The molecule has 3 rings (SSSR count). The maximum atomic E-state index is 13.6. The number of nitrogen functional groups attached to an aromatic ring is 1. The van der Waals surface area contributed by atoms with Crippen LogP contribution in [0, 0.1) is 11.7 Å². The average molecular weight is 312 g/mol. The van der Waals surface area contributed by atoms with Gasteiger partial charge in [-0.15, -0.1) is 0 Å². The Bertz CT molecular complexity index is 627. The summed E-state index contributed by atoms with van der Waals surface area (Å²) in [4.78, 5) is -0.0904. The smallest absolute Gasteiger partial charge is 0.245 e. The monoisotopic (exact) mass is 312 g/mol. The van der Waals surface area contributed by atoms with E-state index in [1.165, 1.54) is 31.0 Å². The molecule has 1 aromatic carbocycles. The van der Waals surface area contributed by atoms with Crippen LogP contribution < -0.4 is 5.73 Å². The van der Waals surface area contributed by atoms with Crippen LogP contribution in [0.1, 0.15) is 38.5 Å². The molecular weight excluding hydrogens is 291 g/mol. The molecule has 0 bridgehead atoms. The van der Waals surface area contributed by atoms with Gasteiger partial charge in [0.05, 0.1) is 5.69 Å². The van der Waals surface area contributed by atoms with Gasteiger partial charge in [0, 0.05) is 12.6 Å². The SMILES string of the molecule is Nc1c(F)cccc1S(=O)(=O)N1CCCC1C1CCCC1. The number of para-hydroxylation sites is 1. The third-order valence-electron chi connectivity index (χ3n) is 4.79. The van der Waals surface area contributed by atoms with E-state index in [1.54, 1.807) is 4.31 Å². The molecule has 1 atom stereocenters. The zero-order valence-corrected chi connectivity index (χ0v) is 12.8. The number of benzene rings is 1. The Balaban J connectivity index is 1.95. The predicted molar refractivity (Wildman–Crippen MR) is 79.7 cm³/mol. The van der Waals surface area contributed by atoms with E-state index < -0.39 is 15.8 Å². The highest BCUT2D eigenvalue weighted by Crippen LogP contribution is 2.38. The van der Waals surface area contributed by atoms with Crippen LogP contribution >= 0.6 is 0 Å². The minimum atomic E-state index is -3.71. The number of nitrogens with zero attached hydrogens (tertiary/aromatic N) is 1. The lowest BCUT2D eigenvalue weighted by molar-refractivity contribution is 0.288. The average Bonchev–Trinajstić information content (AvgIpc) is 3.11. The Morgan fingerprint density at radius 3 is 2.57 bits per heavy atom.